The molecule has 3 heterocycles. The van der Waals surface area contributed by atoms with Crippen molar-refractivity contribution in [1.29, 1.82) is 0 Å². The third-order valence-corrected chi connectivity index (χ3v) is 4.30. The molecule has 0 bridgehead atoms. The monoisotopic (exact) mass is 261 g/mol. The van der Waals surface area contributed by atoms with Crippen LogP contribution in [-0.4, -0.2) is 47.5 Å². The number of hydrogen-bond acceptors (Lipinski definition) is 3. The van der Waals surface area contributed by atoms with E-state index >= 15 is 0 Å². The molecule has 0 aliphatic carbocycles. The van der Waals surface area contributed by atoms with Crippen LogP contribution in [0.3, 0.4) is 0 Å². The summed E-state index contributed by atoms with van der Waals surface area (Å²) in [5.74, 6) is 0.889. The highest BCUT2D eigenvalue weighted by Gasteiger charge is 2.22. The van der Waals surface area contributed by atoms with Gasteiger partial charge < -0.3 is 9.88 Å². The number of nitrogens with zero attached hydrogens (tertiary/aromatic N) is 2. The van der Waals surface area contributed by atoms with Crippen LogP contribution < -0.4 is 5.43 Å². The summed E-state index contributed by atoms with van der Waals surface area (Å²) in [5, 5.41) is 0. The molecule has 4 heteroatoms. The first-order valence-electron chi connectivity index (χ1n) is 7.36. The number of likely N-dealkylation sites (tertiary alicyclic amines) is 1. The van der Waals surface area contributed by atoms with Crippen molar-refractivity contribution in [2.75, 3.05) is 32.7 Å². The fraction of sp³-hybridized carbons (Fsp3) is 0.667. The Hall–Kier alpha value is -1.13. The fourth-order valence-corrected chi connectivity index (χ4v) is 3.24. The first-order valence-corrected chi connectivity index (χ1v) is 7.36. The van der Waals surface area contributed by atoms with E-state index in [2.05, 4.69) is 21.7 Å². The normalized spacial score (nSPS) is 21.1. The Morgan fingerprint density at radius 2 is 2.11 bits per heavy atom. The molecule has 19 heavy (non-hydrogen) atoms. The summed E-state index contributed by atoms with van der Waals surface area (Å²) in [6.07, 6.45) is 3.96. The van der Waals surface area contributed by atoms with Gasteiger partial charge in [-0.1, -0.05) is 6.92 Å². The average Bonchev–Trinajstić information content (AvgIpc) is 2.37. The minimum Gasteiger partial charge on any atom is -0.364 e. The number of aromatic amines is 1. The zero-order chi connectivity index (χ0) is 13.2. The summed E-state index contributed by atoms with van der Waals surface area (Å²) in [6.45, 7) is 9.05. The SMILES string of the molecule is CC1CN(CCCN2CCc3[nH]ccc(=O)c3C2)C1. The van der Waals surface area contributed by atoms with Gasteiger partial charge in [-0.2, -0.15) is 0 Å². The predicted molar refractivity (Wildman–Crippen MR) is 76.3 cm³/mol. The van der Waals surface area contributed by atoms with Crippen LogP contribution in [0.15, 0.2) is 17.1 Å². The second-order valence-electron chi connectivity index (χ2n) is 6.04. The molecule has 0 spiro atoms. The molecule has 2 aliphatic heterocycles. The van der Waals surface area contributed by atoms with E-state index in [0.717, 1.165) is 43.2 Å². The van der Waals surface area contributed by atoms with Gasteiger partial charge in [0, 0.05) is 56.1 Å². The van der Waals surface area contributed by atoms with Crippen molar-refractivity contribution >= 4 is 0 Å². The number of nitrogens with one attached hydrogen (secondary N) is 1. The predicted octanol–water partition coefficient (Wildman–Crippen LogP) is 1.07. The molecule has 0 atom stereocenters. The van der Waals surface area contributed by atoms with E-state index in [0.29, 0.717) is 0 Å². The van der Waals surface area contributed by atoms with E-state index in [4.69, 9.17) is 0 Å². The molecule has 0 unspecified atom stereocenters. The smallest absolute Gasteiger partial charge is 0.186 e. The molecule has 3 rings (SSSR count). The highest BCUT2D eigenvalue weighted by Crippen LogP contribution is 2.16. The molecule has 0 radical (unpaired) electrons. The Balaban J connectivity index is 1.49. The molecule has 4 nitrogen and oxygen atoms in total. The quantitative estimate of drug-likeness (QED) is 0.881. The molecule has 1 aromatic rings. The van der Waals surface area contributed by atoms with Gasteiger partial charge in [0.1, 0.15) is 0 Å². The third kappa shape index (κ3) is 2.90. The molecular formula is C15H23N3O. The van der Waals surface area contributed by atoms with Crippen molar-refractivity contribution in [3.05, 3.63) is 33.7 Å². The summed E-state index contributed by atoms with van der Waals surface area (Å²) >= 11 is 0. The van der Waals surface area contributed by atoms with Gasteiger partial charge in [-0.05, 0) is 25.4 Å². The van der Waals surface area contributed by atoms with Gasteiger partial charge in [-0.15, -0.1) is 0 Å². The Morgan fingerprint density at radius 1 is 1.32 bits per heavy atom. The van der Waals surface area contributed by atoms with Crippen LogP contribution in [0.5, 0.6) is 0 Å². The van der Waals surface area contributed by atoms with E-state index in [9.17, 15) is 4.79 Å². The van der Waals surface area contributed by atoms with Gasteiger partial charge in [0.05, 0.1) is 0 Å². The second kappa shape index (κ2) is 5.47. The van der Waals surface area contributed by atoms with Gasteiger partial charge in [-0.3, -0.25) is 9.69 Å². The van der Waals surface area contributed by atoms with E-state index in [1.807, 2.05) is 0 Å². The van der Waals surface area contributed by atoms with Gasteiger partial charge in [0.25, 0.3) is 0 Å². The van der Waals surface area contributed by atoms with Gasteiger partial charge >= 0.3 is 0 Å². The first kappa shape index (κ1) is 12.9. The number of pyridine rings is 1. The van der Waals surface area contributed by atoms with E-state index in [-0.39, 0.29) is 5.43 Å². The first-order chi connectivity index (χ1) is 9.22. The maximum Gasteiger partial charge on any atom is 0.186 e. The van der Waals surface area contributed by atoms with Crippen molar-refractivity contribution < 1.29 is 0 Å². The minimum absolute atomic E-state index is 0.190. The van der Waals surface area contributed by atoms with Crippen LogP contribution in [0.4, 0.5) is 0 Å². The van der Waals surface area contributed by atoms with Crippen molar-refractivity contribution in [2.24, 2.45) is 5.92 Å². The lowest BCUT2D eigenvalue weighted by Crippen LogP contribution is -2.46. The molecular weight excluding hydrogens is 238 g/mol. The molecule has 0 aromatic carbocycles. The molecule has 2 aliphatic rings. The zero-order valence-electron chi connectivity index (χ0n) is 11.7. The van der Waals surface area contributed by atoms with E-state index < -0.39 is 0 Å². The number of fused-ring (bicyclic) bond motifs is 1. The third-order valence-electron chi connectivity index (χ3n) is 4.30. The summed E-state index contributed by atoms with van der Waals surface area (Å²) < 4.78 is 0. The largest absolute Gasteiger partial charge is 0.364 e. The Kier molecular flexibility index (Phi) is 3.71. The van der Waals surface area contributed by atoms with Crippen LogP contribution in [-0.2, 0) is 13.0 Å². The maximum absolute atomic E-state index is 11.8. The average molecular weight is 261 g/mol. The van der Waals surface area contributed by atoms with Crippen molar-refractivity contribution in [2.45, 2.75) is 26.3 Å². The Bertz CT molecular complexity index is 490. The van der Waals surface area contributed by atoms with Crippen LogP contribution in [0.1, 0.15) is 24.6 Å². The molecule has 1 N–H and O–H groups in total. The van der Waals surface area contributed by atoms with Crippen LogP contribution in [0.2, 0.25) is 0 Å². The summed E-state index contributed by atoms with van der Waals surface area (Å²) in [5.41, 5.74) is 2.31. The highest BCUT2D eigenvalue weighted by atomic mass is 16.1. The number of aromatic nitrogens is 1. The van der Waals surface area contributed by atoms with Crippen molar-refractivity contribution in [3.63, 3.8) is 0 Å². The zero-order valence-corrected chi connectivity index (χ0v) is 11.7. The van der Waals surface area contributed by atoms with Gasteiger partial charge in [0.2, 0.25) is 0 Å². The lowest BCUT2D eigenvalue weighted by molar-refractivity contribution is 0.104. The maximum atomic E-state index is 11.8. The van der Waals surface area contributed by atoms with Crippen LogP contribution >= 0.6 is 0 Å². The lowest BCUT2D eigenvalue weighted by atomic mass is 10.0. The van der Waals surface area contributed by atoms with Crippen LogP contribution in [0, 0.1) is 5.92 Å². The van der Waals surface area contributed by atoms with Gasteiger partial charge in [0.15, 0.2) is 5.43 Å². The molecule has 0 amide bonds. The highest BCUT2D eigenvalue weighted by molar-refractivity contribution is 5.22. The number of hydrogen-bond donors (Lipinski definition) is 1. The summed E-state index contributed by atoms with van der Waals surface area (Å²) in [4.78, 5) is 20.0. The van der Waals surface area contributed by atoms with Crippen molar-refractivity contribution in [3.8, 4) is 0 Å². The minimum atomic E-state index is 0.190. The van der Waals surface area contributed by atoms with E-state index in [1.54, 1.807) is 12.3 Å². The van der Waals surface area contributed by atoms with Crippen molar-refractivity contribution in [1.82, 2.24) is 14.8 Å². The van der Waals surface area contributed by atoms with Gasteiger partial charge in [-0.25, -0.2) is 0 Å². The second-order valence-corrected chi connectivity index (χ2v) is 6.04. The molecule has 1 fully saturated rings. The Labute approximate surface area is 114 Å². The van der Waals surface area contributed by atoms with Crippen LogP contribution in [0.25, 0.3) is 0 Å². The standard InChI is InChI=1S/C15H23N3O/c1-12-9-18(10-12)7-2-6-17-8-4-14-13(11-17)15(19)3-5-16-14/h3,5,12H,2,4,6-11H2,1H3,(H,16,19). The van der Waals surface area contributed by atoms with E-state index in [1.165, 1.54) is 26.1 Å². The Morgan fingerprint density at radius 3 is 2.89 bits per heavy atom. The number of H-pyrrole nitrogens is 1. The molecule has 1 aromatic heterocycles. The molecule has 104 valence electrons. The summed E-state index contributed by atoms with van der Waals surface area (Å²) in [6, 6.07) is 1.64. The number of rotatable bonds is 4. The molecule has 1 saturated heterocycles. The topological polar surface area (TPSA) is 39.3 Å². The molecule has 0 saturated carbocycles. The summed E-state index contributed by atoms with van der Waals surface area (Å²) in [7, 11) is 0. The fourth-order valence-electron chi connectivity index (χ4n) is 3.24. The lowest BCUT2D eigenvalue weighted by Gasteiger charge is -2.37.